The van der Waals surface area contributed by atoms with Crippen LogP contribution in [-0.4, -0.2) is 23.5 Å². The molecule has 0 heterocycles. The van der Waals surface area contributed by atoms with Gasteiger partial charge in [0.05, 0.1) is 5.56 Å². The third kappa shape index (κ3) is 11.1. The number of rotatable bonds is 7. The van der Waals surface area contributed by atoms with Crippen molar-refractivity contribution in [1.29, 1.82) is 0 Å². The van der Waals surface area contributed by atoms with Crippen LogP contribution < -0.4 is 5.73 Å². The third-order valence-corrected chi connectivity index (χ3v) is 3.17. The molecule has 6 heteroatoms. The quantitative estimate of drug-likeness (QED) is 0.244. The molecule has 1 aromatic carbocycles. The Kier molecular flexibility index (Phi) is 12.1. The van der Waals surface area contributed by atoms with Crippen molar-refractivity contribution in [2.24, 2.45) is 10.9 Å². The van der Waals surface area contributed by atoms with Crippen molar-refractivity contribution in [2.75, 3.05) is 6.61 Å². The number of nitrogens with zero attached hydrogens (tertiary/aromatic N) is 1. The Morgan fingerprint density at radius 2 is 1.84 bits per heavy atom. The van der Waals surface area contributed by atoms with E-state index in [1.807, 2.05) is 19.9 Å². The summed E-state index contributed by atoms with van der Waals surface area (Å²) >= 11 is 0. The summed E-state index contributed by atoms with van der Waals surface area (Å²) in [5.41, 5.74) is 7.49. The lowest BCUT2D eigenvalue weighted by Gasteiger charge is -2.03. The summed E-state index contributed by atoms with van der Waals surface area (Å²) in [7, 11) is 2.64. The van der Waals surface area contributed by atoms with Gasteiger partial charge < -0.3 is 15.7 Å². The molecular weight excluding hydrogens is 335 g/mol. The van der Waals surface area contributed by atoms with Crippen molar-refractivity contribution in [3.05, 3.63) is 58.4 Å². The summed E-state index contributed by atoms with van der Waals surface area (Å²) < 4.78 is 0. The SMILES string of the molecule is CC/C=C(\C)CO/N=C(\N)c1cccc(C(=O)O)c1.CC/C=C(\C)P. The van der Waals surface area contributed by atoms with Crippen LogP contribution in [0.3, 0.4) is 0 Å². The summed E-state index contributed by atoms with van der Waals surface area (Å²) in [6.07, 6.45) is 6.30. The van der Waals surface area contributed by atoms with Crippen molar-refractivity contribution in [2.45, 2.75) is 40.5 Å². The van der Waals surface area contributed by atoms with Gasteiger partial charge in [0.25, 0.3) is 0 Å². The molecule has 25 heavy (non-hydrogen) atoms. The Morgan fingerprint density at radius 3 is 2.32 bits per heavy atom. The van der Waals surface area contributed by atoms with Crippen LogP contribution >= 0.6 is 9.24 Å². The van der Waals surface area contributed by atoms with E-state index in [0.717, 1.165) is 18.4 Å². The Labute approximate surface area is 152 Å². The van der Waals surface area contributed by atoms with Crippen LogP contribution in [-0.2, 0) is 4.84 Å². The standard InChI is InChI=1S/C14H18N2O3.C5H11P/c1-3-5-10(2)9-19-16-13(15)11-6-4-7-12(8-11)14(17)18;1-3-4-5(2)6/h4-8H,3,9H2,1-2H3,(H2,15,16)(H,17,18);4H,3,6H2,1-2H3/b10-5+;5-4+. The van der Waals surface area contributed by atoms with Crippen LogP contribution in [0.15, 0.2) is 52.5 Å². The molecule has 0 spiro atoms. The number of amidine groups is 1. The number of oxime groups is 1. The van der Waals surface area contributed by atoms with Gasteiger partial charge in [-0.2, -0.15) is 0 Å². The molecule has 1 unspecified atom stereocenters. The maximum Gasteiger partial charge on any atom is 0.335 e. The number of hydrogen-bond donors (Lipinski definition) is 2. The van der Waals surface area contributed by atoms with Crippen LogP contribution in [0.5, 0.6) is 0 Å². The molecule has 5 nitrogen and oxygen atoms in total. The molecule has 0 saturated carbocycles. The summed E-state index contributed by atoms with van der Waals surface area (Å²) in [6, 6.07) is 6.25. The van der Waals surface area contributed by atoms with Gasteiger partial charge in [-0.15, -0.1) is 9.24 Å². The highest BCUT2D eigenvalue weighted by atomic mass is 31.0. The maximum absolute atomic E-state index is 10.8. The van der Waals surface area contributed by atoms with E-state index in [9.17, 15) is 4.79 Å². The minimum absolute atomic E-state index is 0.160. The average molecular weight is 364 g/mol. The van der Waals surface area contributed by atoms with Gasteiger partial charge in [0, 0.05) is 5.56 Å². The molecule has 0 amide bonds. The first-order valence-corrected chi connectivity index (χ1v) is 8.76. The second-order valence-corrected chi connectivity index (χ2v) is 6.36. The molecule has 3 N–H and O–H groups in total. The van der Waals surface area contributed by atoms with Crippen LogP contribution in [0.4, 0.5) is 0 Å². The van der Waals surface area contributed by atoms with Crippen LogP contribution in [0, 0.1) is 0 Å². The molecule has 0 aliphatic rings. The van der Waals surface area contributed by atoms with Gasteiger partial charge in [-0.3, -0.25) is 0 Å². The van der Waals surface area contributed by atoms with Crippen molar-refractivity contribution < 1.29 is 14.7 Å². The lowest BCUT2D eigenvalue weighted by atomic mass is 10.1. The fourth-order valence-electron chi connectivity index (χ4n) is 1.80. The van der Waals surface area contributed by atoms with E-state index >= 15 is 0 Å². The number of benzene rings is 1. The van der Waals surface area contributed by atoms with Crippen LogP contribution in [0.1, 0.15) is 56.5 Å². The largest absolute Gasteiger partial charge is 0.478 e. The number of carboxylic acids is 1. The van der Waals surface area contributed by atoms with E-state index in [1.54, 1.807) is 12.1 Å². The smallest absolute Gasteiger partial charge is 0.335 e. The molecule has 0 radical (unpaired) electrons. The summed E-state index contributed by atoms with van der Waals surface area (Å²) in [4.78, 5) is 15.9. The van der Waals surface area contributed by atoms with E-state index < -0.39 is 5.97 Å². The molecule has 0 aliphatic heterocycles. The monoisotopic (exact) mass is 364 g/mol. The highest BCUT2D eigenvalue weighted by Gasteiger charge is 2.05. The molecule has 0 aromatic heterocycles. The first-order valence-electron chi connectivity index (χ1n) is 8.18. The third-order valence-electron chi connectivity index (χ3n) is 2.94. The Bertz CT molecular complexity index is 633. The molecule has 1 rings (SSSR count). The van der Waals surface area contributed by atoms with E-state index in [1.165, 1.54) is 17.4 Å². The van der Waals surface area contributed by atoms with E-state index in [0.29, 0.717) is 12.2 Å². The highest BCUT2D eigenvalue weighted by Crippen LogP contribution is 2.06. The van der Waals surface area contributed by atoms with Gasteiger partial charge in [0.15, 0.2) is 5.84 Å². The zero-order valence-corrected chi connectivity index (χ0v) is 16.6. The number of nitrogens with two attached hydrogens (primary N) is 1. The molecule has 1 atom stereocenters. The fraction of sp³-hybridized carbons (Fsp3) is 0.368. The molecule has 0 fully saturated rings. The topological polar surface area (TPSA) is 84.9 Å². The van der Waals surface area contributed by atoms with Crippen molar-refractivity contribution in [1.82, 2.24) is 0 Å². The highest BCUT2D eigenvalue weighted by molar-refractivity contribution is 7.22. The van der Waals surface area contributed by atoms with Gasteiger partial charge in [-0.1, -0.05) is 48.6 Å². The summed E-state index contributed by atoms with van der Waals surface area (Å²) in [5.74, 6) is -0.843. The molecular formula is C19H29N2O3P. The first-order chi connectivity index (χ1) is 11.8. The van der Waals surface area contributed by atoms with Crippen LogP contribution in [0.25, 0.3) is 0 Å². The average Bonchev–Trinajstić information content (AvgIpc) is 2.55. The molecule has 0 saturated heterocycles. The van der Waals surface area contributed by atoms with E-state index in [4.69, 9.17) is 15.7 Å². The number of aromatic carboxylic acids is 1. The Hall–Kier alpha value is -2.13. The Morgan fingerprint density at radius 1 is 1.24 bits per heavy atom. The van der Waals surface area contributed by atoms with Gasteiger partial charge in [0.2, 0.25) is 0 Å². The predicted molar refractivity (Wildman–Crippen MR) is 108 cm³/mol. The summed E-state index contributed by atoms with van der Waals surface area (Å²) in [5, 5.41) is 14.0. The minimum Gasteiger partial charge on any atom is -0.478 e. The first kappa shape index (κ1) is 22.9. The van der Waals surface area contributed by atoms with Gasteiger partial charge in [-0.05, 0) is 44.4 Å². The number of allylic oxidation sites excluding steroid dienone is 3. The molecule has 138 valence electrons. The fourth-order valence-corrected chi connectivity index (χ4v) is 2.03. The second-order valence-electron chi connectivity index (χ2n) is 5.45. The lowest BCUT2D eigenvalue weighted by molar-refractivity contribution is 0.0697. The van der Waals surface area contributed by atoms with E-state index in [-0.39, 0.29) is 11.4 Å². The van der Waals surface area contributed by atoms with Gasteiger partial charge in [0.1, 0.15) is 6.61 Å². The molecule has 0 aliphatic carbocycles. The zero-order chi connectivity index (χ0) is 19.2. The normalized spacial score (nSPS) is 12.3. The van der Waals surface area contributed by atoms with Crippen molar-refractivity contribution in [3.8, 4) is 0 Å². The van der Waals surface area contributed by atoms with Crippen molar-refractivity contribution in [3.63, 3.8) is 0 Å². The second kappa shape index (κ2) is 13.2. The van der Waals surface area contributed by atoms with Gasteiger partial charge >= 0.3 is 5.97 Å². The Balaban J connectivity index is 0.000000823. The maximum atomic E-state index is 10.8. The van der Waals surface area contributed by atoms with E-state index in [2.05, 4.69) is 34.3 Å². The number of hydrogen-bond acceptors (Lipinski definition) is 3. The molecule has 1 aromatic rings. The van der Waals surface area contributed by atoms with Crippen molar-refractivity contribution >= 4 is 21.0 Å². The van der Waals surface area contributed by atoms with Crippen LogP contribution in [0.2, 0.25) is 0 Å². The zero-order valence-electron chi connectivity index (χ0n) is 15.5. The number of carbonyl (C=O) groups is 1. The van der Waals surface area contributed by atoms with Gasteiger partial charge in [-0.25, -0.2) is 4.79 Å². The molecule has 0 bridgehead atoms. The minimum atomic E-state index is -1.00. The predicted octanol–water partition coefficient (Wildman–Crippen LogP) is 4.55. The lowest BCUT2D eigenvalue weighted by Crippen LogP contribution is -2.15. The summed E-state index contributed by atoms with van der Waals surface area (Å²) in [6.45, 7) is 8.56. The number of carboxylic acid groups (broad SMARTS) is 1.